The fourth-order valence-electron chi connectivity index (χ4n) is 3.43. The molecular weight excluding hydrogens is 480 g/mol. The van der Waals surface area contributed by atoms with Gasteiger partial charge in [0, 0.05) is 0 Å². The van der Waals surface area contributed by atoms with Gasteiger partial charge in [-0.25, -0.2) is 0 Å². The van der Waals surface area contributed by atoms with Crippen molar-refractivity contribution in [1.29, 1.82) is 0 Å². The predicted molar refractivity (Wildman–Crippen MR) is 147 cm³/mol. The van der Waals surface area contributed by atoms with Gasteiger partial charge in [0.2, 0.25) is 0 Å². The molecule has 9 nitrogen and oxygen atoms in total. The van der Waals surface area contributed by atoms with Crippen molar-refractivity contribution in [1.82, 2.24) is 0 Å². The van der Waals surface area contributed by atoms with Gasteiger partial charge in [0.15, 0.2) is 0 Å². The van der Waals surface area contributed by atoms with Crippen LogP contribution in [0.25, 0.3) is 0 Å². The zero-order chi connectivity index (χ0) is 28.6. The number of rotatable bonds is 24. The second-order valence-corrected chi connectivity index (χ2v) is 8.92. The lowest BCUT2D eigenvalue weighted by Gasteiger charge is -2.09. The molecule has 0 aromatic heterocycles. The zero-order valence-electron chi connectivity index (χ0n) is 24.1. The molecule has 0 fully saturated rings. The number of carbonyl (C=O) groups is 2. The van der Waals surface area contributed by atoms with Crippen LogP contribution in [0.15, 0.2) is 0 Å². The van der Waals surface area contributed by atoms with Gasteiger partial charge in [0.05, 0.1) is 64.7 Å². The first-order valence-electron chi connectivity index (χ1n) is 14.3. The summed E-state index contributed by atoms with van der Waals surface area (Å²) in [5.41, 5.74) is 0. The maximum absolute atomic E-state index is 10.7. The maximum atomic E-state index is 10.7. The van der Waals surface area contributed by atoms with Crippen molar-refractivity contribution >= 4 is 11.9 Å². The van der Waals surface area contributed by atoms with Crippen LogP contribution in [0, 0.1) is 11.8 Å². The van der Waals surface area contributed by atoms with E-state index in [0.29, 0.717) is 39.6 Å². The Morgan fingerprint density at radius 2 is 0.838 bits per heavy atom. The van der Waals surface area contributed by atoms with E-state index in [1.54, 1.807) is 0 Å². The summed E-state index contributed by atoms with van der Waals surface area (Å²) in [6.07, 6.45) is 12.1. The highest BCUT2D eigenvalue weighted by Crippen LogP contribution is 2.16. The van der Waals surface area contributed by atoms with Gasteiger partial charge in [-0.2, -0.15) is 0 Å². The number of carboxylic acids is 2. The lowest BCUT2D eigenvalue weighted by Crippen LogP contribution is -2.13. The first-order valence-corrected chi connectivity index (χ1v) is 14.3. The van der Waals surface area contributed by atoms with Crippen LogP contribution in [0.2, 0.25) is 0 Å². The molecule has 0 radical (unpaired) electrons. The third-order valence-electron chi connectivity index (χ3n) is 5.50. The molecule has 0 aromatic rings. The highest BCUT2D eigenvalue weighted by molar-refractivity contribution is 5.70. The van der Waals surface area contributed by atoms with Gasteiger partial charge in [0.25, 0.3) is 0 Å². The largest absolute Gasteiger partial charge is 0.481 e. The molecule has 2 atom stereocenters. The van der Waals surface area contributed by atoms with Crippen LogP contribution in [0.5, 0.6) is 0 Å². The minimum absolute atomic E-state index is 0.0413. The average molecular weight is 539 g/mol. The van der Waals surface area contributed by atoms with E-state index in [4.69, 9.17) is 34.6 Å². The van der Waals surface area contributed by atoms with Crippen LogP contribution in [0.4, 0.5) is 0 Å². The number of aliphatic hydroxyl groups excluding tert-OH is 2. The van der Waals surface area contributed by atoms with Crippen molar-refractivity contribution < 1.29 is 44.2 Å². The van der Waals surface area contributed by atoms with Gasteiger partial charge in [-0.05, 0) is 25.7 Å². The number of aliphatic hydroxyl groups is 2. The molecule has 2 unspecified atom stereocenters. The van der Waals surface area contributed by atoms with Gasteiger partial charge >= 0.3 is 11.9 Å². The topological polar surface area (TPSA) is 143 Å². The van der Waals surface area contributed by atoms with E-state index in [9.17, 15) is 9.59 Å². The Morgan fingerprint density at radius 3 is 1.08 bits per heavy atom. The molecular formula is C28H58O9. The summed E-state index contributed by atoms with van der Waals surface area (Å²) in [6.45, 7) is 11.1. The Bertz CT molecular complexity index is 421. The molecule has 0 aliphatic rings. The van der Waals surface area contributed by atoms with Crippen molar-refractivity contribution in [3.63, 3.8) is 0 Å². The minimum atomic E-state index is -0.618. The quantitative estimate of drug-likeness (QED) is 0.123. The second kappa shape index (κ2) is 34.7. The monoisotopic (exact) mass is 538 g/mol. The van der Waals surface area contributed by atoms with Crippen molar-refractivity contribution in [2.45, 2.75) is 105 Å². The van der Waals surface area contributed by atoms with Gasteiger partial charge in [-0.3, -0.25) is 9.59 Å². The lowest BCUT2D eigenvalue weighted by atomic mass is 9.97. The molecule has 0 saturated heterocycles. The highest BCUT2D eigenvalue weighted by atomic mass is 16.5. The smallest absolute Gasteiger partial charge is 0.306 e. The molecule has 0 amide bonds. The summed E-state index contributed by atoms with van der Waals surface area (Å²) >= 11 is 0. The van der Waals surface area contributed by atoms with Gasteiger partial charge in [-0.15, -0.1) is 0 Å². The molecule has 37 heavy (non-hydrogen) atoms. The molecule has 0 aliphatic heterocycles. The number of aliphatic carboxylic acids is 2. The summed E-state index contributed by atoms with van der Waals surface area (Å²) < 4.78 is 15.0. The van der Waals surface area contributed by atoms with Crippen molar-refractivity contribution in [3.05, 3.63) is 0 Å². The Hall–Kier alpha value is -1.26. The molecule has 4 N–H and O–H groups in total. The third kappa shape index (κ3) is 34.7. The summed E-state index contributed by atoms with van der Waals surface area (Å²) in [4.78, 5) is 21.4. The Balaban J connectivity index is -0.000000469. The number of carboxylic acid groups (broad SMARTS) is 2. The van der Waals surface area contributed by atoms with Crippen molar-refractivity contribution in [2.75, 3.05) is 52.9 Å². The zero-order valence-corrected chi connectivity index (χ0v) is 24.1. The SMILES string of the molecule is CCCCCC(CCC)C(=O)O.CCCCCC(CCC)C(=O)O.OCCOCCOCCOCCO. The molecule has 0 heterocycles. The summed E-state index contributed by atoms with van der Waals surface area (Å²) in [6, 6.07) is 0. The molecule has 0 aromatic carbocycles. The third-order valence-corrected chi connectivity index (χ3v) is 5.50. The molecule has 0 aliphatic carbocycles. The van der Waals surface area contributed by atoms with Crippen molar-refractivity contribution in [3.8, 4) is 0 Å². The number of hydrogen-bond donors (Lipinski definition) is 4. The number of hydrogen-bond acceptors (Lipinski definition) is 7. The van der Waals surface area contributed by atoms with Crippen LogP contribution >= 0.6 is 0 Å². The lowest BCUT2D eigenvalue weighted by molar-refractivity contribution is -0.143. The summed E-state index contributed by atoms with van der Waals surface area (Å²) in [7, 11) is 0. The fraction of sp³-hybridized carbons (Fsp3) is 0.929. The van der Waals surface area contributed by atoms with Crippen LogP contribution < -0.4 is 0 Å². The van der Waals surface area contributed by atoms with Crippen molar-refractivity contribution in [2.24, 2.45) is 11.8 Å². The van der Waals surface area contributed by atoms with E-state index >= 15 is 0 Å². The molecule has 0 rings (SSSR count). The Kier molecular flexibility index (Phi) is 37.8. The minimum Gasteiger partial charge on any atom is -0.481 e. The first-order chi connectivity index (χ1) is 17.9. The number of unbranched alkanes of at least 4 members (excludes halogenated alkanes) is 4. The van der Waals surface area contributed by atoms with E-state index in [2.05, 4.69) is 13.8 Å². The Labute approximate surface area is 225 Å². The average Bonchev–Trinajstić information content (AvgIpc) is 2.87. The highest BCUT2D eigenvalue weighted by Gasteiger charge is 2.15. The second-order valence-electron chi connectivity index (χ2n) is 8.92. The van der Waals surface area contributed by atoms with Gasteiger partial charge < -0.3 is 34.6 Å². The molecule has 0 spiro atoms. The van der Waals surface area contributed by atoms with Crippen LogP contribution in [0.3, 0.4) is 0 Å². The first kappa shape index (κ1) is 40.2. The van der Waals surface area contributed by atoms with Crippen LogP contribution in [-0.2, 0) is 23.8 Å². The Morgan fingerprint density at radius 1 is 0.514 bits per heavy atom. The normalized spacial score (nSPS) is 12.1. The van der Waals surface area contributed by atoms with Gasteiger partial charge in [-0.1, -0.05) is 79.1 Å². The molecule has 224 valence electrons. The van der Waals surface area contributed by atoms with E-state index in [1.807, 2.05) is 13.8 Å². The van der Waals surface area contributed by atoms with E-state index in [0.717, 1.165) is 64.2 Å². The molecule has 0 bridgehead atoms. The molecule has 0 saturated carbocycles. The standard InChI is InChI=1S/2C10H20O2.C8H18O5/c2*1-3-5-6-8-9(7-4-2)10(11)12;9-1-3-11-5-7-13-8-6-12-4-2-10/h2*9H,3-8H2,1-2H3,(H,11,12);9-10H,1-8H2. The summed E-state index contributed by atoms with van der Waals surface area (Å²) in [5, 5.41) is 34.3. The maximum Gasteiger partial charge on any atom is 0.306 e. The van der Waals surface area contributed by atoms with Crippen LogP contribution in [-0.4, -0.2) is 85.2 Å². The molecule has 9 heteroatoms. The fourth-order valence-corrected chi connectivity index (χ4v) is 3.43. The predicted octanol–water partition coefficient (Wildman–Crippen LogP) is 5.16. The van der Waals surface area contributed by atoms with E-state index < -0.39 is 11.9 Å². The van der Waals surface area contributed by atoms with E-state index in [-0.39, 0.29) is 25.0 Å². The number of ether oxygens (including phenoxy) is 3. The van der Waals surface area contributed by atoms with E-state index in [1.165, 1.54) is 12.8 Å². The van der Waals surface area contributed by atoms with Crippen LogP contribution in [0.1, 0.15) is 105 Å². The van der Waals surface area contributed by atoms with Gasteiger partial charge in [0.1, 0.15) is 0 Å². The summed E-state index contributed by atoms with van der Waals surface area (Å²) in [5.74, 6) is -1.43.